The highest BCUT2D eigenvalue weighted by atomic mass is 19.1. The monoisotopic (exact) mass is 372 g/mol. The predicted octanol–water partition coefficient (Wildman–Crippen LogP) is 4.33. The lowest BCUT2D eigenvalue weighted by atomic mass is 9.98. The Balaban J connectivity index is 1.86. The summed E-state index contributed by atoms with van der Waals surface area (Å²) in [6.07, 6.45) is 4.62. The smallest absolute Gasteiger partial charge is 0.131 e. The van der Waals surface area contributed by atoms with E-state index in [1.54, 1.807) is 38.4 Å². The largest absolute Gasteiger partial charge is 0.386 e. The Hall–Kier alpha value is -3.56. The van der Waals surface area contributed by atoms with Gasteiger partial charge in [-0.15, -0.1) is 0 Å². The van der Waals surface area contributed by atoms with E-state index < -0.39 is 11.4 Å². The third-order valence-electron chi connectivity index (χ3n) is 4.71. The minimum Gasteiger partial charge on any atom is -0.386 e. The quantitative estimate of drug-likeness (QED) is 0.581. The Labute approximate surface area is 161 Å². The minimum absolute atomic E-state index is 0.309. The lowest BCUT2D eigenvalue weighted by Crippen LogP contribution is -2.15. The van der Waals surface area contributed by atoms with Crippen LogP contribution in [0.15, 0.2) is 61.2 Å². The number of nitrogens with zero attached hydrogens (tertiary/aromatic N) is 4. The highest BCUT2D eigenvalue weighted by molar-refractivity contribution is 5.79. The number of pyridine rings is 1. The molecule has 2 aromatic heterocycles. The molecule has 4 rings (SSSR count). The molecule has 0 aliphatic rings. The van der Waals surface area contributed by atoms with Crippen molar-refractivity contribution >= 4 is 11.0 Å². The Morgan fingerprint density at radius 2 is 1.93 bits per heavy atom. The van der Waals surface area contributed by atoms with Crippen LogP contribution in [0.5, 0.6) is 0 Å². The fourth-order valence-corrected chi connectivity index (χ4v) is 3.19. The second-order valence-corrected chi connectivity index (χ2v) is 7.07. The zero-order valence-corrected chi connectivity index (χ0v) is 15.4. The van der Waals surface area contributed by atoms with Crippen molar-refractivity contribution in [1.82, 2.24) is 14.5 Å². The molecule has 0 aliphatic carbocycles. The Morgan fingerprint density at radius 1 is 1.11 bits per heavy atom. The van der Waals surface area contributed by atoms with Crippen molar-refractivity contribution in [2.75, 3.05) is 0 Å². The van der Waals surface area contributed by atoms with Gasteiger partial charge in [0.2, 0.25) is 0 Å². The van der Waals surface area contributed by atoms with Gasteiger partial charge in [-0.05, 0) is 55.8 Å². The third kappa shape index (κ3) is 3.02. The van der Waals surface area contributed by atoms with Gasteiger partial charge in [0.25, 0.3) is 0 Å². The zero-order valence-electron chi connectivity index (χ0n) is 15.4. The van der Waals surface area contributed by atoms with E-state index in [4.69, 9.17) is 0 Å². The molecular formula is C22H17FN4O. The van der Waals surface area contributed by atoms with Gasteiger partial charge in [0, 0.05) is 29.2 Å². The lowest BCUT2D eigenvalue weighted by Gasteiger charge is -2.17. The molecule has 4 aromatic rings. The number of hydrogen-bond acceptors (Lipinski definition) is 4. The van der Waals surface area contributed by atoms with Crippen molar-refractivity contribution in [2.24, 2.45) is 0 Å². The summed E-state index contributed by atoms with van der Waals surface area (Å²) in [5, 5.41) is 19.5. The standard InChI is InChI=1S/C22H17FN4O/c1-22(2,28)15-3-6-21-20(9-15)26-13-27(21)16-4-5-19(23)18(10-16)17-7-8-25-12-14(17)11-24/h3-10,12-13,28H,1-2H3. The molecule has 0 aliphatic heterocycles. The molecular weight excluding hydrogens is 355 g/mol. The van der Waals surface area contributed by atoms with Crippen molar-refractivity contribution in [2.45, 2.75) is 19.4 Å². The maximum Gasteiger partial charge on any atom is 0.131 e. The average molecular weight is 372 g/mol. The van der Waals surface area contributed by atoms with E-state index in [2.05, 4.69) is 16.0 Å². The van der Waals surface area contributed by atoms with Gasteiger partial charge in [-0.25, -0.2) is 9.37 Å². The van der Waals surface area contributed by atoms with Gasteiger partial charge in [-0.1, -0.05) is 6.07 Å². The van der Waals surface area contributed by atoms with Crippen LogP contribution in [0.2, 0.25) is 0 Å². The highest BCUT2D eigenvalue weighted by Crippen LogP contribution is 2.30. The number of halogens is 1. The molecule has 0 amide bonds. The Kier molecular flexibility index (Phi) is 4.17. The first-order valence-corrected chi connectivity index (χ1v) is 8.73. The number of imidazole rings is 1. The maximum atomic E-state index is 14.5. The average Bonchev–Trinajstić information content (AvgIpc) is 3.11. The van der Waals surface area contributed by atoms with Gasteiger partial charge in [-0.2, -0.15) is 5.26 Å². The second kappa shape index (κ2) is 6.55. The van der Waals surface area contributed by atoms with Crippen LogP contribution in [-0.2, 0) is 5.60 Å². The molecule has 0 atom stereocenters. The number of aromatic nitrogens is 3. The first-order valence-electron chi connectivity index (χ1n) is 8.73. The topological polar surface area (TPSA) is 74.7 Å². The minimum atomic E-state index is -0.962. The summed E-state index contributed by atoms with van der Waals surface area (Å²) >= 11 is 0. The molecule has 1 N–H and O–H groups in total. The van der Waals surface area contributed by atoms with Crippen molar-refractivity contribution < 1.29 is 9.50 Å². The molecule has 0 spiro atoms. The summed E-state index contributed by atoms with van der Waals surface area (Å²) in [7, 11) is 0. The van der Waals surface area contributed by atoms with Crippen LogP contribution in [0, 0.1) is 17.1 Å². The summed E-state index contributed by atoms with van der Waals surface area (Å²) in [5.74, 6) is -0.416. The Bertz CT molecular complexity index is 1230. The number of benzene rings is 2. The molecule has 0 saturated heterocycles. The van der Waals surface area contributed by atoms with Crippen molar-refractivity contribution in [3.8, 4) is 22.9 Å². The summed E-state index contributed by atoms with van der Waals surface area (Å²) < 4.78 is 16.4. The van der Waals surface area contributed by atoms with Crippen LogP contribution < -0.4 is 0 Å². The number of nitriles is 1. The molecule has 2 aromatic carbocycles. The van der Waals surface area contributed by atoms with Crippen LogP contribution in [0.25, 0.3) is 27.8 Å². The summed E-state index contributed by atoms with van der Waals surface area (Å²) in [6, 6.07) is 14.0. The van der Waals surface area contributed by atoms with Crippen LogP contribution in [0.4, 0.5) is 4.39 Å². The van der Waals surface area contributed by atoms with Gasteiger partial charge in [-0.3, -0.25) is 9.55 Å². The normalized spacial score (nSPS) is 11.5. The molecule has 138 valence electrons. The molecule has 5 nitrogen and oxygen atoms in total. The molecule has 0 bridgehead atoms. The van der Waals surface area contributed by atoms with Crippen molar-refractivity contribution in [3.63, 3.8) is 0 Å². The van der Waals surface area contributed by atoms with Crippen LogP contribution >= 0.6 is 0 Å². The number of fused-ring (bicyclic) bond motifs is 1. The van der Waals surface area contributed by atoms with E-state index in [0.717, 1.165) is 22.3 Å². The Morgan fingerprint density at radius 3 is 2.68 bits per heavy atom. The van der Waals surface area contributed by atoms with Crippen LogP contribution in [0.1, 0.15) is 25.0 Å². The summed E-state index contributed by atoms with van der Waals surface area (Å²) in [6.45, 7) is 3.44. The number of hydrogen-bond donors (Lipinski definition) is 1. The van der Waals surface area contributed by atoms with Crippen molar-refractivity contribution in [1.29, 1.82) is 5.26 Å². The van der Waals surface area contributed by atoms with Crippen LogP contribution in [-0.4, -0.2) is 19.6 Å². The first kappa shape index (κ1) is 17.8. The lowest BCUT2D eigenvalue weighted by molar-refractivity contribution is 0.0787. The van der Waals surface area contributed by atoms with E-state index in [0.29, 0.717) is 16.7 Å². The predicted molar refractivity (Wildman–Crippen MR) is 104 cm³/mol. The summed E-state index contributed by atoms with van der Waals surface area (Å²) in [5.41, 5.74) is 3.21. The molecule has 0 saturated carbocycles. The van der Waals surface area contributed by atoms with E-state index in [-0.39, 0.29) is 0 Å². The first-order chi connectivity index (χ1) is 13.4. The number of aliphatic hydroxyl groups is 1. The molecule has 2 heterocycles. The van der Waals surface area contributed by atoms with E-state index in [9.17, 15) is 14.8 Å². The molecule has 28 heavy (non-hydrogen) atoms. The zero-order chi connectivity index (χ0) is 19.9. The molecule has 6 heteroatoms. The number of rotatable bonds is 3. The van der Waals surface area contributed by atoms with Gasteiger partial charge in [0.05, 0.1) is 22.2 Å². The van der Waals surface area contributed by atoms with E-state index >= 15 is 0 Å². The fourth-order valence-electron chi connectivity index (χ4n) is 3.19. The highest BCUT2D eigenvalue weighted by Gasteiger charge is 2.18. The second-order valence-electron chi connectivity index (χ2n) is 7.07. The maximum absolute atomic E-state index is 14.5. The SMILES string of the molecule is CC(C)(O)c1ccc2c(c1)ncn2-c1ccc(F)c(-c2ccncc2C#N)c1. The van der Waals surface area contributed by atoms with E-state index in [1.807, 2.05) is 22.8 Å². The van der Waals surface area contributed by atoms with Gasteiger partial charge >= 0.3 is 0 Å². The molecule has 0 unspecified atom stereocenters. The fraction of sp³-hybridized carbons (Fsp3) is 0.136. The van der Waals surface area contributed by atoms with Gasteiger partial charge < -0.3 is 5.11 Å². The van der Waals surface area contributed by atoms with Crippen LogP contribution in [0.3, 0.4) is 0 Å². The van der Waals surface area contributed by atoms with Crippen molar-refractivity contribution in [3.05, 3.63) is 78.1 Å². The summed E-state index contributed by atoms with van der Waals surface area (Å²) in [4.78, 5) is 8.36. The molecule has 0 radical (unpaired) electrons. The third-order valence-corrected chi connectivity index (χ3v) is 4.71. The van der Waals surface area contributed by atoms with Gasteiger partial charge in [0.15, 0.2) is 0 Å². The van der Waals surface area contributed by atoms with Gasteiger partial charge in [0.1, 0.15) is 18.2 Å². The van der Waals surface area contributed by atoms with E-state index in [1.165, 1.54) is 18.5 Å². The molecule has 0 fully saturated rings.